The molecule has 0 aromatic carbocycles. The van der Waals surface area contributed by atoms with Crippen molar-refractivity contribution in [3.05, 3.63) is 0 Å². The number of carbonyl (C=O) groups excluding carboxylic acids is 2. The van der Waals surface area contributed by atoms with Gasteiger partial charge in [0, 0.05) is 13.8 Å². The molecule has 0 unspecified atom stereocenters. The summed E-state index contributed by atoms with van der Waals surface area (Å²) < 4.78 is 105. The summed E-state index contributed by atoms with van der Waals surface area (Å²) in [4.78, 5) is 24.2. The minimum atomic E-state index is -5.25. The predicted molar refractivity (Wildman–Crippen MR) is 180 cm³/mol. The van der Waals surface area contributed by atoms with Crippen LogP contribution >= 0.6 is 0 Å². The van der Waals surface area contributed by atoms with E-state index in [0.29, 0.717) is 0 Å². The summed E-state index contributed by atoms with van der Waals surface area (Å²) in [6, 6.07) is -3.49. The molecule has 346 valence electrons. The summed E-state index contributed by atoms with van der Waals surface area (Å²) in [5, 5.41) is 120. The Labute approximate surface area is 334 Å². The molecule has 0 aromatic rings. The molecule has 3 rings (SSSR count). The van der Waals surface area contributed by atoms with E-state index in [1.807, 2.05) is 0 Å². The number of ether oxygens (including phenoxy) is 6. The van der Waals surface area contributed by atoms with Gasteiger partial charge in [0.2, 0.25) is 11.8 Å². The highest BCUT2D eigenvalue weighted by Crippen LogP contribution is 2.34. The van der Waals surface area contributed by atoms with Crippen molar-refractivity contribution < 1.29 is 128 Å². The Kier molecular flexibility index (Phi) is 19.0. The van der Waals surface area contributed by atoms with Gasteiger partial charge in [-0.15, -0.1) is 0 Å². The van der Waals surface area contributed by atoms with Crippen molar-refractivity contribution in [3.63, 3.8) is 0 Å². The van der Waals surface area contributed by atoms with E-state index in [1.165, 1.54) is 0 Å². The van der Waals surface area contributed by atoms with Gasteiger partial charge in [0.05, 0.1) is 39.1 Å². The molecule has 31 heteroatoms. The first-order valence-electron chi connectivity index (χ1n) is 17.3. The molecule has 0 saturated carbocycles. The van der Waals surface area contributed by atoms with Gasteiger partial charge in [0.15, 0.2) is 18.9 Å². The Balaban J connectivity index is 1.98. The van der Waals surface area contributed by atoms with Crippen LogP contribution in [0.25, 0.3) is 0 Å². The van der Waals surface area contributed by atoms with Crippen molar-refractivity contribution in [2.75, 3.05) is 33.0 Å². The largest absolute Gasteiger partial charge is 0.397 e. The number of rotatable bonds is 20. The maximum absolute atomic E-state index is 12.3. The smallest absolute Gasteiger partial charge is 0.394 e. The molecule has 3 aliphatic heterocycles. The third kappa shape index (κ3) is 14.0. The minimum absolute atomic E-state index is 0.813. The monoisotopic (exact) mass is 910 g/mol. The fourth-order valence-corrected chi connectivity index (χ4v) is 6.84. The van der Waals surface area contributed by atoms with Crippen molar-refractivity contribution >= 4 is 32.6 Å². The number of aliphatic hydroxyl groups is 11. The summed E-state index contributed by atoms with van der Waals surface area (Å²) in [6.45, 7) is -3.69. The number of aliphatic hydroxyl groups excluding tert-OH is 11. The molecule has 3 aliphatic rings. The highest BCUT2D eigenvalue weighted by atomic mass is 32.3. The number of amides is 2. The zero-order valence-corrected chi connectivity index (χ0v) is 32.5. The van der Waals surface area contributed by atoms with Gasteiger partial charge in [-0.1, -0.05) is 0 Å². The Morgan fingerprint density at radius 3 is 1.66 bits per heavy atom. The fourth-order valence-electron chi connectivity index (χ4n) is 6.22. The third-order valence-corrected chi connectivity index (χ3v) is 9.94. The fraction of sp³-hybridized carbons (Fsp3) is 0.929. The van der Waals surface area contributed by atoms with E-state index in [0.717, 1.165) is 13.8 Å². The number of carbonyl (C=O) groups is 2. The van der Waals surface area contributed by atoms with E-state index >= 15 is 0 Å². The Bertz CT molecular complexity index is 1580. The Morgan fingerprint density at radius 1 is 0.644 bits per heavy atom. The molecule has 3 saturated heterocycles. The van der Waals surface area contributed by atoms with Crippen LogP contribution in [0.3, 0.4) is 0 Å². The van der Waals surface area contributed by atoms with Crippen molar-refractivity contribution in [1.29, 1.82) is 0 Å². The maximum atomic E-state index is 12.3. The van der Waals surface area contributed by atoms with Gasteiger partial charge < -0.3 is 95.2 Å². The van der Waals surface area contributed by atoms with Crippen LogP contribution < -0.4 is 10.6 Å². The quantitative estimate of drug-likeness (QED) is 0.0504. The molecule has 3 heterocycles. The van der Waals surface area contributed by atoms with E-state index in [4.69, 9.17) is 33.0 Å². The Hall–Kier alpha value is -2.00. The standard InChI is InChI=1S/C28H50N2O27S2/c1-8(34)29-10(3-31)23(16(37)11(36)4-32)55-28-22(43)25(18(39)14(54-28)7-51-59(47,48)49)57-26-15(30-9(2)35)19(40)24(12(5-33)52-26)56-27-21(42)20(41)17(38)13(53-27)6-50-58(44,45)46/h10-28,31-33,36-43H,3-7H2,1-2H3,(H,29,34)(H,30,35)(H,44,45,46)(H,47,48,49)/t10-,11+,12+,13+,14+,15+,16-,17-,18-,19+,20-,21+,22+,23+,24+,25-,26-,27-,28-/m0/s1. The van der Waals surface area contributed by atoms with E-state index in [2.05, 4.69) is 19.0 Å². The van der Waals surface area contributed by atoms with Crippen LogP contribution in [0.1, 0.15) is 13.8 Å². The van der Waals surface area contributed by atoms with Crippen molar-refractivity contribution in [2.45, 2.75) is 130 Å². The van der Waals surface area contributed by atoms with Crippen LogP contribution in [0.5, 0.6) is 0 Å². The zero-order chi connectivity index (χ0) is 44.7. The third-order valence-electron chi connectivity index (χ3n) is 9.07. The van der Waals surface area contributed by atoms with Crippen LogP contribution in [0.4, 0.5) is 0 Å². The summed E-state index contributed by atoms with van der Waals surface area (Å²) in [7, 11) is -10.4. The lowest BCUT2D eigenvalue weighted by Crippen LogP contribution is -2.69. The molecule has 0 aliphatic carbocycles. The molecule has 0 aromatic heterocycles. The van der Waals surface area contributed by atoms with Crippen LogP contribution in [-0.2, 0) is 67.2 Å². The molecule has 2 amide bonds. The maximum Gasteiger partial charge on any atom is 0.397 e. The molecule has 0 bridgehead atoms. The van der Waals surface area contributed by atoms with Gasteiger partial charge in [0.25, 0.3) is 0 Å². The lowest BCUT2D eigenvalue weighted by molar-refractivity contribution is -0.371. The molecule has 3 fully saturated rings. The average molecular weight is 911 g/mol. The lowest BCUT2D eigenvalue weighted by Gasteiger charge is -2.49. The minimum Gasteiger partial charge on any atom is -0.394 e. The number of hydrogen-bond acceptors (Lipinski definition) is 25. The molecule has 59 heavy (non-hydrogen) atoms. The highest BCUT2D eigenvalue weighted by molar-refractivity contribution is 7.81. The molecule has 19 atom stereocenters. The van der Waals surface area contributed by atoms with Crippen LogP contribution in [0, 0.1) is 0 Å². The Morgan fingerprint density at radius 2 is 1.17 bits per heavy atom. The van der Waals surface area contributed by atoms with Gasteiger partial charge in [0.1, 0.15) is 91.5 Å². The average Bonchev–Trinajstić information content (AvgIpc) is 3.14. The lowest BCUT2D eigenvalue weighted by atomic mass is 9.94. The van der Waals surface area contributed by atoms with Gasteiger partial charge >= 0.3 is 20.8 Å². The first kappa shape index (κ1) is 51.4. The zero-order valence-electron chi connectivity index (χ0n) is 30.9. The van der Waals surface area contributed by atoms with Crippen LogP contribution in [0.15, 0.2) is 0 Å². The van der Waals surface area contributed by atoms with Crippen LogP contribution in [0.2, 0.25) is 0 Å². The van der Waals surface area contributed by atoms with Crippen LogP contribution in [-0.4, -0.2) is 243 Å². The summed E-state index contributed by atoms with van der Waals surface area (Å²) in [5.41, 5.74) is 0. The first-order valence-corrected chi connectivity index (χ1v) is 20.0. The molecule has 0 radical (unpaired) electrons. The summed E-state index contributed by atoms with van der Waals surface area (Å²) >= 11 is 0. The second-order valence-electron chi connectivity index (χ2n) is 13.4. The summed E-state index contributed by atoms with van der Waals surface area (Å²) in [5.74, 6) is -1.73. The first-order chi connectivity index (χ1) is 27.3. The van der Waals surface area contributed by atoms with Crippen molar-refractivity contribution in [2.24, 2.45) is 0 Å². The molecule has 0 spiro atoms. The van der Waals surface area contributed by atoms with E-state index in [1.54, 1.807) is 0 Å². The number of hydrogen-bond donors (Lipinski definition) is 15. The van der Waals surface area contributed by atoms with E-state index in [9.17, 15) is 87.1 Å². The van der Waals surface area contributed by atoms with Crippen molar-refractivity contribution in [3.8, 4) is 0 Å². The molecular formula is C28H50N2O27S2. The highest BCUT2D eigenvalue weighted by Gasteiger charge is 2.55. The van der Waals surface area contributed by atoms with Crippen molar-refractivity contribution in [1.82, 2.24) is 10.6 Å². The normalized spacial score (nSPS) is 37.8. The van der Waals surface area contributed by atoms with E-state index in [-0.39, 0.29) is 0 Å². The number of nitrogens with one attached hydrogen (secondary N) is 2. The topological polar surface area (TPSA) is 463 Å². The van der Waals surface area contributed by atoms with Gasteiger partial charge in [-0.2, -0.15) is 16.8 Å². The molecule has 15 N–H and O–H groups in total. The van der Waals surface area contributed by atoms with Gasteiger partial charge in [-0.3, -0.25) is 18.7 Å². The second kappa shape index (κ2) is 21.9. The van der Waals surface area contributed by atoms with Gasteiger partial charge in [-0.05, 0) is 0 Å². The second-order valence-corrected chi connectivity index (χ2v) is 15.6. The van der Waals surface area contributed by atoms with Gasteiger partial charge in [-0.25, -0.2) is 8.37 Å². The molecular weight excluding hydrogens is 860 g/mol. The predicted octanol–water partition coefficient (Wildman–Crippen LogP) is -10.2. The van der Waals surface area contributed by atoms with E-state index < -0.39 is 182 Å². The molecule has 29 nitrogen and oxygen atoms in total. The summed E-state index contributed by atoms with van der Waals surface area (Å²) in [6.07, 6.45) is -35.3. The SMILES string of the molecule is CC(=O)N[C@H]1[C@H](O[C@H]2[C@@H](O)[C@@H](COS(=O)(=O)O)O[C@@H](O[C@@H]([C@@H](O)[C@H](O)CO)[C@H](CO)NC(C)=O)[C@@H]2O)O[C@H](CO)[C@@H](O[C@@H]2O[C@H](COS(=O)(=O)O)[C@H](O)[C@H](O)[C@H]2O)[C@@H]1O.